The first-order valence-corrected chi connectivity index (χ1v) is 8.07. The van der Waals surface area contributed by atoms with Gasteiger partial charge in [0, 0.05) is 11.8 Å². The van der Waals surface area contributed by atoms with Gasteiger partial charge in [-0.25, -0.2) is 4.99 Å². The molecule has 0 fully saturated rings. The van der Waals surface area contributed by atoms with Crippen LogP contribution in [0, 0.1) is 10.1 Å². The average molecular weight is 340 g/mol. The van der Waals surface area contributed by atoms with E-state index in [2.05, 4.69) is 22.4 Å². The minimum Gasteiger partial charge on any atom is -0.490 e. The number of fused-ring (bicyclic) bond motifs is 1. The third-order valence-electron chi connectivity index (χ3n) is 4.24. The summed E-state index contributed by atoms with van der Waals surface area (Å²) in [6.45, 7) is 0.245. The maximum Gasteiger partial charge on any atom is 0.311 e. The molecule has 0 atom stereocenters. The molecular weight excluding hydrogens is 320 g/mol. The van der Waals surface area contributed by atoms with Crippen molar-refractivity contribution in [3.05, 3.63) is 63.2 Å². The lowest BCUT2D eigenvalue weighted by Crippen LogP contribution is -2.22. The molecule has 25 heavy (non-hydrogen) atoms. The number of nitro groups is 1. The van der Waals surface area contributed by atoms with Crippen LogP contribution in [0.15, 0.2) is 41.4 Å². The summed E-state index contributed by atoms with van der Waals surface area (Å²) in [6, 6.07) is 11.0. The van der Waals surface area contributed by atoms with Gasteiger partial charge in [0.15, 0.2) is 11.7 Å². The van der Waals surface area contributed by atoms with Gasteiger partial charge in [-0.2, -0.15) is 0 Å². The molecule has 0 saturated carbocycles. The van der Waals surface area contributed by atoms with Crippen LogP contribution in [0.4, 0.5) is 11.4 Å². The van der Waals surface area contributed by atoms with E-state index in [1.54, 1.807) is 12.1 Å². The van der Waals surface area contributed by atoms with Crippen LogP contribution in [0.1, 0.15) is 23.1 Å². The minimum absolute atomic E-state index is 0.0830. The Hall–Kier alpha value is -3.09. The van der Waals surface area contributed by atoms with Crippen LogP contribution in [0.2, 0.25) is 0 Å². The number of hydrogen-bond donors (Lipinski definition) is 2. The van der Waals surface area contributed by atoms with Gasteiger partial charge in [-0.1, -0.05) is 12.1 Å². The van der Waals surface area contributed by atoms with Crippen LogP contribution in [-0.2, 0) is 19.4 Å². The minimum atomic E-state index is -0.474. The Labute approximate surface area is 145 Å². The molecule has 1 aliphatic rings. The van der Waals surface area contributed by atoms with Crippen molar-refractivity contribution in [2.45, 2.75) is 25.8 Å². The van der Waals surface area contributed by atoms with E-state index in [1.807, 2.05) is 6.07 Å². The molecule has 0 amide bonds. The number of hydrogen-bond acceptors (Lipinski definition) is 4. The number of anilines is 1. The molecule has 7 nitrogen and oxygen atoms in total. The Bertz CT molecular complexity index is 833. The first-order valence-electron chi connectivity index (χ1n) is 8.07. The molecule has 3 rings (SSSR count). The number of methoxy groups -OCH3 is 1. The number of benzene rings is 2. The summed E-state index contributed by atoms with van der Waals surface area (Å²) in [5.74, 6) is 0.499. The highest BCUT2D eigenvalue weighted by Gasteiger charge is 2.15. The van der Waals surface area contributed by atoms with Crippen molar-refractivity contribution in [1.29, 1.82) is 0 Å². The Morgan fingerprint density at radius 2 is 2.08 bits per heavy atom. The number of rotatable bonds is 5. The van der Waals surface area contributed by atoms with Gasteiger partial charge in [0.25, 0.3) is 0 Å². The predicted octanol–water partition coefficient (Wildman–Crippen LogP) is 3.02. The maximum atomic E-state index is 11.1. The van der Waals surface area contributed by atoms with Crippen molar-refractivity contribution in [1.82, 2.24) is 0 Å². The molecule has 1 aliphatic carbocycles. The van der Waals surface area contributed by atoms with Crippen molar-refractivity contribution < 1.29 is 9.66 Å². The highest BCUT2D eigenvalue weighted by Crippen LogP contribution is 2.28. The fourth-order valence-electron chi connectivity index (χ4n) is 2.99. The second-order valence-electron chi connectivity index (χ2n) is 5.93. The summed E-state index contributed by atoms with van der Waals surface area (Å²) >= 11 is 0. The van der Waals surface area contributed by atoms with E-state index in [1.165, 1.54) is 30.7 Å². The fourth-order valence-corrected chi connectivity index (χ4v) is 2.99. The van der Waals surface area contributed by atoms with Gasteiger partial charge < -0.3 is 15.8 Å². The fraction of sp³-hybridized carbons (Fsp3) is 0.278. The lowest BCUT2D eigenvalue weighted by Gasteiger charge is -2.08. The van der Waals surface area contributed by atoms with Crippen LogP contribution >= 0.6 is 0 Å². The molecule has 2 aromatic rings. The van der Waals surface area contributed by atoms with E-state index >= 15 is 0 Å². The van der Waals surface area contributed by atoms with Gasteiger partial charge in [0.05, 0.1) is 18.6 Å². The zero-order chi connectivity index (χ0) is 17.8. The Morgan fingerprint density at radius 3 is 2.84 bits per heavy atom. The molecule has 0 radical (unpaired) electrons. The van der Waals surface area contributed by atoms with Crippen molar-refractivity contribution >= 4 is 17.3 Å². The Morgan fingerprint density at radius 1 is 1.28 bits per heavy atom. The van der Waals surface area contributed by atoms with Crippen molar-refractivity contribution in [3.8, 4) is 5.75 Å². The lowest BCUT2D eigenvalue weighted by molar-refractivity contribution is -0.385. The smallest absolute Gasteiger partial charge is 0.311 e. The SMILES string of the molecule is COc1ccc(CN=C(N)Nc2ccc3c(c2)CCC3)cc1[N+](=O)[O-]. The predicted molar refractivity (Wildman–Crippen MR) is 97.1 cm³/mol. The van der Waals surface area contributed by atoms with E-state index in [0.717, 1.165) is 18.5 Å². The summed E-state index contributed by atoms with van der Waals surface area (Å²) in [4.78, 5) is 14.8. The summed E-state index contributed by atoms with van der Waals surface area (Å²) < 4.78 is 4.99. The van der Waals surface area contributed by atoms with Gasteiger partial charge in [0.1, 0.15) is 0 Å². The number of nitrogens with one attached hydrogen (secondary N) is 1. The molecule has 0 saturated heterocycles. The first-order chi connectivity index (χ1) is 12.1. The Kier molecular flexibility index (Phi) is 4.83. The molecular formula is C18H20N4O3. The number of nitro benzene ring substituents is 1. The highest BCUT2D eigenvalue weighted by molar-refractivity contribution is 5.92. The van der Waals surface area contributed by atoms with Crippen molar-refractivity contribution in [3.63, 3.8) is 0 Å². The van der Waals surface area contributed by atoms with Crippen molar-refractivity contribution in [2.75, 3.05) is 12.4 Å². The molecule has 7 heteroatoms. The van der Waals surface area contributed by atoms with Gasteiger partial charge in [-0.3, -0.25) is 10.1 Å². The molecule has 0 unspecified atom stereocenters. The standard InChI is InChI=1S/C18H20N4O3/c1-25-17-8-5-12(9-16(17)22(23)24)11-20-18(19)21-15-7-6-13-3-2-4-14(13)10-15/h5-10H,2-4,11H2,1H3,(H3,19,20,21). The van der Waals surface area contributed by atoms with Crippen LogP contribution in [-0.4, -0.2) is 18.0 Å². The molecule has 0 bridgehead atoms. The van der Waals surface area contributed by atoms with E-state index in [9.17, 15) is 10.1 Å². The molecule has 0 spiro atoms. The van der Waals surface area contributed by atoms with Crippen LogP contribution < -0.4 is 15.8 Å². The number of aliphatic imine (C=N–C) groups is 1. The summed E-state index contributed by atoms with van der Waals surface area (Å²) in [7, 11) is 1.40. The zero-order valence-corrected chi connectivity index (χ0v) is 14.0. The van der Waals surface area contributed by atoms with Crippen LogP contribution in [0.5, 0.6) is 5.75 Å². The monoisotopic (exact) mass is 340 g/mol. The van der Waals surface area contributed by atoms with Crippen LogP contribution in [0.25, 0.3) is 0 Å². The third kappa shape index (κ3) is 3.88. The van der Waals surface area contributed by atoms with E-state index in [0.29, 0.717) is 5.56 Å². The number of ether oxygens (including phenoxy) is 1. The van der Waals surface area contributed by atoms with Crippen molar-refractivity contribution in [2.24, 2.45) is 10.7 Å². The topological polar surface area (TPSA) is 103 Å². The normalized spacial score (nSPS) is 13.4. The summed E-state index contributed by atoms with van der Waals surface area (Å²) in [6.07, 6.45) is 3.42. The number of nitrogens with zero attached hydrogens (tertiary/aromatic N) is 2. The molecule has 0 aliphatic heterocycles. The van der Waals surface area contributed by atoms with Gasteiger partial charge >= 0.3 is 5.69 Å². The number of aryl methyl sites for hydroxylation is 2. The number of guanidine groups is 1. The summed E-state index contributed by atoms with van der Waals surface area (Å²) in [5.41, 5.74) is 10.2. The van der Waals surface area contributed by atoms with E-state index in [-0.39, 0.29) is 23.9 Å². The first kappa shape index (κ1) is 16.8. The molecule has 130 valence electrons. The Balaban J connectivity index is 1.69. The third-order valence-corrected chi connectivity index (χ3v) is 4.24. The van der Waals surface area contributed by atoms with Gasteiger partial charge in [-0.05, 0) is 54.2 Å². The largest absolute Gasteiger partial charge is 0.490 e. The average Bonchev–Trinajstić information content (AvgIpc) is 3.07. The molecule has 0 heterocycles. The quantitative estimate of drug-likeness (QED) is 0.377. The second-order valence-corrected chi connectivity index (χ2v) is 5.93. The maximum absolute atomic E-state index is 11.1. The van der Waals surface area contributed by atoms with E-state index < -0.39 is 4.92 Å². The summed E-state index contributed by atoms with van der Waals surface area (Å²) in [5, 5.41) is 14.1. The van der Waals surface area contributed by atoms with Gasteiger partial charge in [0.2, 0.25) is 0 Å². The zero-order valence-electron chi connectivity index (χ0n) is 14.0. The lowest BCUT2D eigenvalue weighted by atomic mass is 10.1. The molecule has 2 aromatic carbocycles. The number of nitrogens with two attached hydrogens (primary N) is 1. The van der Waals surface area contributed by atoms with E-state index in [4.69, 9.17) is 10.5 Å². The molecule has 3 N–H and O–H groups in total. The van der Waals surface area contributed by atoms with Gasteiger partial charge in [-0.15, -0.1) is 0 Å². The molecule has 0 aromatic heterocycles. The highest BCUT2D eigenvalue weighted by atomic mass is 16.6. The second kappa shape index (κ2) is 7.21. The van der Waals surface area contributed by atoms with Crippen LogP contribution in [0.3, 0.4) is 0 Å².